The first kappa shape index (κ1) is 11.1. The minimum atomic E-state index is -0.151. The number of nitrogens with one attached hydrogen (secondary N) is 1. The number of hydrogen-bond acceptors (Lipinski definition) is 3. The summed E-state index contributed by atoms with van der Waals surface area (Å²) in [6.45, 7) is 3.75. The molecule has 0 saturated carbocycles. The van der Waals surface area contributed by atoms with E-state index in [0.717, 1.165) is 0 Å². The van der Waals surface area contributed by atoms with E-state index in [1.807, 2.05) is 13.0 Å². The normalized spacial score (nSPS) is 9.13. The Labute approximate surface area is 88.5 Å². The third kappa shape index (κ3) is 2.99. The van der Waals surface area contributed by atoms with Gasteiger partial charge in [0.15, 0.2) is 0 Å². The zero-order valence-electron chi connectivity index (χ0n) is 8.70. The molecule has 0 heterocycles. The minimum absolute atomic E-state index is 0.151. The summed E-state index contributed by atoms with van der Waals surface area (Å²) < 4.78 is 5.28. The second-order valence-electron chi connectivity index (χ2n) is 2.94. The van der Waals surface area contributed by atoms with E-state index in [1.54, 1.807) is 18.2 Å². The van der Waals surface area contributed by atoms with Crippen LogP contribution in [0.3, 0.4) is 0 Å². The Bertz CT molecular complexity index is 408. The van der Waals surface area contributed by atoms with Crippen molar-refractivity contribution in [2.45, 2.75) is 13.8 Å². The smallest absolute Gasteiger partial charge is 0.221 e. The quantitative estimate of drug-likeness (QED) is 0.818. The molecule has 0 saturated heterocycles. The third-order valence-electron chi connectivity index (χ3n) is 1.72. The van der Waals surface area contributed by atoms with Gasteiger partial charge in [0.2, 0.25) is 5.91 Å². The fourth-order valence-corrected chi connectivity index (χ4v) is 1.17. The van der Waals surface area contributed by atoms with Gasteiger partial charge in [-0.2, -0.15) is 5.26 Å². The van der Waals surface area contributed by atoms with Crippen LogP contribution in [0.1, 0.15) is 19.4 Å². The van der Waals surface area contributed by atoms with Crippen molar-refractivity contribution >= 4 is 11.6 Å². The van der Waals surface area contributed by atoms with E-state index in [9.17, 15) is 4.79 Å². The molecule has 0 fully saturated rings. The largest absolute Gasteiger partial charge is 0.492 e. The molecule has 1 N–H and O–H groups in total. The summed E-state index contributed by atoms with van der Waals surface area (Å²) in [5, 5.41) is 11.4. The van der Waals surface area contributed by atoms with Gasteiger partial charge in [-0.3, -0.25) is 4.79 Å². The predicted octanol–water partition coefficient (Wildman–Crippen LogP) is 1.92. The molecule has 0 spiro atoms. The lowest BCUT2D eigenvalue weighted by Gasteiger charge is -2.08. The number of benzene rings is 1. The number of anilines is 1. The highest BCUT2D eigenvalue weighted by molar-refractivity contribution is 5.89. The summed E-state index contributed by atoms with van der Waals surface area (Å²) in [5.74, 6) is 0.341. The Hall–Kier alpha value is -2.02. The molecule has 0 aliphatic carbocycles. The Morgan fingerprint density at radius 2 is 2.33 bits per heavy atom. The Balaban J connectivity index is 3.00. The van der Waals surface area contributed by atoms with Crippen molar-refractivity contribution < 1.29 is 9.53 Å². The molecule has 1 aromatic rings. The maximum absolute atomic E-state index is 10.8. The monoisotopic (exact) mass is 204 g/mol. The van der Waals surface area contributed by atoms with E-state index in [1.165, 1.54) is 6.92 Å². The minimum Gasteiger partial charge on any atom is -0.492 e. The van der Waals surface area contributed by atoms with Gasteiger partial charge in [0.05, 0.1) is 12.2 Å². The zero-order valence-corrected chi connectivity index (χ0v) is 8.70. The molecular formula is C11H12N2O2. The molecule has 15 heavy (non-hydrogen) atoms. The molecule has 78 valence electrons. The molecule has 0 aliphatic rings. The van der Waals surface area contributed by atoms with Crippen molar-refractivity contribution in [1.29, 1.82) is 5.26 Å². The fraction of sp³-hybridized carbons (Fsp3) is 0.273. The lowest BCUT2D eigenvalue weighted by Crippen LogP contribution is -2.06. The Morgan fingerprint density at radius 3 is 2.87 bits per heavy atom. The van der Waals surface area contributed by atoms with Crippen LogP contribution in [0.15, 0.2) is 18.2 Å². The van der Waals surface area contributed by atoms with E-state index in [0.29, 0.717) is 23.6 Å². The maximum Gasteiger partial charge on any atom is 0.221 e. The molecule has 4 heteroatoms. The molecule has 0 radical (unpaired) electrons. The first-order valence-corrected chi connectivity index (χ1v) is 4.62. The second-order valence-corrected chi connectivity index (χ2v) is 2.94. The fourth-order valence-electron chi connectivity index (χ4n) is 1.17. The molecule has 1 rings (SSSR count). The number of ether oxygens (including phenoxy) is 1. The van der Waals surface area contributed by atoms with Crippen LogP contribution in [0.25, 0.3) is 0 Å². The van der Waals surface area contributed by atoms with Crippen molar-refractivity contribution in [2.24, 2.45) is 0 Å². The number of rotatable bonds is 3. The summed E-state index contributed by atoms with van der Waals surface area (Å²) in [6.07, 6.45) is 0. The van der Waals surface area contributed by atoms with E-state index >= 15 is 0 Å². The van der Waals surface area contributed by atoms with E-state index in [-0.39, 0.29) is 5.91 Å². The van der Waals surface area contributed by atoms with Crippen molar-refractivity contribution in [3.63, 3.8) is 0 Å². The van der Waals surface area contributed by atoms with Crippen molar-refractivity contribution in [1.82, 2.24) is 0 Å². The summed E-state index contributed by atoms with van der Waals surface area (Å²) in [5.41, 5.74) is 1.09. The van der Waals surface area contributed by atoms with Crippen LogP contribution in [-0.2, 0) is 4.79 Å². The number of amides is 1. The zero-order chi connectivity index (χ0) is 11.3. The van der Waals surface area contributed by atoms with Gasteiger partial charge in [-0.25, -0.2) is 0 Å². The van der Waals surface area contributed by atoms with Crippen LogP contribution in [0.4, 0.5) is 5.69 Å². The molecule has 0 aromatic heterocycles. The number of carbonyl (C=O) groups excluding carboxylic acids is 1. The molecule has 1 amide bonds. The van der Waals surface area contributed by atoms with Crippen LogP contribution < -0.4 is 10.1 Å². The Morgan fingerprint density at radius 1 is 1.60 bits per heavy atom. The molecule has 4 nitrogen and oxygen atoms in total. The van der Waals surface area contributed by atoms with E-state index in [4.69, 9.17) is 10.00 Å². The van der Waals surface area contributed by atoms with Crippen LogP contribution in [0.5, 0.6) is 5.75 Å². The van der Waals surface area contributed by atoms with Gasteiger partial charge in [-0.15, -0.1) is 0 Å². The van der Waals surface area contributed by atoms with Gasteiger partial charge >= 0.3 is 0 Å². The van der Waals surface area contributed by atoms with Gasteiger partial charge in [-0.05, 0) is 19.1 Å². The summed E-state index contributed by atoms with van der Waals surface area (Å²) >= 11 is 0. The van der Waals surface area contributed by atoms with Crippen molar-refractivity contribution in [2.75, 3.05) is 11.9 Å². The molecule has 0 atom stereocenters. The maximum atomic E-state index is 10.8. The van der Waals surface area contributed by atoms with Gasteiger partial charge in [0, 0.05) is 18.7 Å². The molecule has 0 aliphatic heterocycles. The highest BCUT2D eigenvalue weighted by Crippen LogP contribution is 2.22. The predicted molar refractivity (Wildman–Crippen MR) is 56.6 cm³/mol. The topological polar surface area (TPSA) is 62.1 Å². The van der Waals surface area contributed by atoms with Crippen LogP contribution in [0, 0.1) is 11.3 Å². The lowest BCUT2D eigenvalue weighted by molar-refractivity contribution is -0.114. The first-order chi connectivity index (χ1) is 7.17. The van der Waals surface area contributed by atoms with Crippen molar-refractivity contribution in [3.8, 4) is 11.8 Å². The lowest BCUT2D eigenvalue weighted by atomic mass is 10.2. The standard InChI is InChI=1S/C11H12N2O2/c1-3-15-11-6-10(13-8(2)14)5-4-9(11)7-12/h4-6H,3H2,1-2H3,(H,13,14). The molecule has 1 aromatic carbocycles. The molecule has 0 bridgehead atoms. The highest BCUT2D eigenvalue weighted by atomic mass is 16.5. The van der Waals surface area contributed by atoms with Gasteiger partial charge in [-0.1, -0.05) is 0 Å². The number of hydrogen-bond donors (Lipinski definition) is 1. The number of carbonyl (C=O) groups is 1. The second kappa shape index (κ2) is 5.01. The van der Waals surface area contributed by atoms with Gasteiger partial charge in [0.25, 0.3) is 0 Å². The summed E-state index contributed by atoms with van der Waals surface area (Å²) in [4.78, 5) is 10.8. The third-order valence-corrected chi connectivity index (χ3v) is 1.72. The summed E-state index contributed by atoms with van der Waals surface area (Å²) in [6, 6.07) is 6.96. The van der Waals surface area contributed by atoms with Gasteiger partial charge < -0.3 is 10.1 Å². The van der Waals surface area contributed by atoms with Crippen LogP contribution in [0.2, 0.25) is 0 Å². The first-order valence-electron chi connectivity index (χ1n) is 4.62. The number of nitrogens with zero attached hydrogens (tertiary/aromatic N) is 1. The highest BCUT2D eigenvalue weighted by Gasteiger charge is 2.04. The van der Waals surface area contributed by atoms with Crippen LogP contribution in [-0.4, -0.2) is 12.5 Å². The SMILES string of the molecule is CCOc1cc(NC(C)=O)ccc1C#N. The van der Waals surface area contributed by atoms with E-state index < -0.39 is 0 Å². The van der Waals surface area contributed by atoms with Crippen molar-refractivity contribution in [3.05, 3.63) is 23.8 Å². The average Bonchev–Trinajstić information content (AvgIpc) is 2.18. The molecule has 0 unspecified atom stereocenters. The average molecular weight is 204 g/mol. The Kier molecular flexibility index (Phi) is 3.69. The number of nitriles is 1. The summed E-state index contributed by atoms with van der Waals surface area (Å²) in [7, 11) is 0. The van der Waals surface area contributed by atoms with Crippen LogP contribution >= 0.6 is 0 Å². The molecular weight excluding hydrogens is 192 g/mol. The van der Waals surface area contributed by atoms with E-state index in [2.05, 4.69) is 5.32 Å². The van der Waals surface area contributed by atoms with Gasteiger partial charge in [0.1, 0.15) is 11.8 Å².